The predicted molar refractivity (Wildman–Crippen MR) is 126 cm³/mol. The molecule has 8 nitrogen and oxygen atoms in total. The molecule has 2 N–H and O–H groups in total. The lowest BCUT2D eigenvalue weighted by Crippen LogP contribution is -2.27. The Hall–Kier alpha value is -4.46. The van der Waals surface area contributed by atoms with Crippen LogP contribution in [0.1, 0.15) is 21.5 Å². The number of methoxy groups -OCH3 is 1. The summed E-state index contributed by atoms with van der Waals surface area (Å²) in [6.07, 6.45) is 1.60. The second-order valence-corrected chi connectivity index (χ2v) is 7.74. The smallest absolute Gasteiger partial charge is 0.338 e. The summed E-state index contributed by atoms with van der Waals surface area (Å²) in [4.78, 5) is 34.2. The molecule has 0 aliphatic heterocycles. The van der Waals surface area contributed by atoms with Gasteiger partial charge in [0.15, 0.2) is 11.2 Å². The molecule has 0 unspecified atom stereocenters. The quantitative estimate of drug-likeness (QED) is 0.422. The van der Waals surface area contributed by atoms with Gasteiger partial charge >= 0.3 is 5.97 Å². The van der Waals surface area contributed by atoms with Gasteiger partial charge in [-0.3, -0.25) is 9.36 Å². The van der Waals surface area contributed by atoms with Crippen LogP contribution in [0, 0.1) is 0 Å². The molecule has 0 aliphatic rings. The summed E-state index contributed by atoms with van der Waals surface area (Å²) in [7, 11) is 1.32. The Labute approximate surface area is 188 Å². The molecule has 3 aromatic carbocycles. The maximum absolute atomic E-state index is 13.5. The van der Waals surface area contributed by atoms with E-state index in [9.17, 15) is 9.59 Å². The normalized spacial score (nSPS) is 11.2. The van der Waals surface area contributed by atoms with Crippen LogP contribution in [0.4, 0.5) is 5.95 Å². The number of rotatable bonds is 5. The Bertz CT molecular complexity index is 1570. The van der Waals surface area contributed by atoms with Crippen LogP contribution < -0.4 is 11.3 Å². The minimum Gasteiger partial charge on any atom is -0.465 e. The van der Waals surface area contributed by atoms with Gasteiger partial charge in [-0.1, -0.05) is 54.6 Å². The lowest BCUT2D eigenvalue weighted by molar-refractivity contribution is 0.0599. The maximum Gasteiger partial charge on any atom is 0.338 e. The number of carbonyl (C=O) groups excluding carboxylic acids is 1. The van der Waals surface area contributed by atoms with Crippen molar-refractivity contribution in [1.29, 1.82) is 0 Å². The van der Waals surface area contributed by atoms with Crippen LogP contribution in [0.3, 0.4) is 0 Å². The van der Waals surface area contributed by atoms with Crippen LogP contribution in [0.25, 0.3) is 21.9 Å². The van der Waals surface area contributed by atoms with E-state index in [0.29, 0.717) is 23.2 Å². The molecule has 2 heterocycles. The third kappa shape index (κ3) is 3.71. The molecule has 0 spiro atoms. The summed E-state index contributed by atoms with van der Waals surface area (Å²) in [6, 6.07) is 21.2. The number of fused-ring (bicyclic) bond motifs is 2. The van der Waals surface area contributed by atoms with E-state index in [0.717, 1.165) is 16.3 Å². The number of carbonyl (C=O) groups is 1. The summed E-state index contributed by atoms with van der Waals surface area (Å²) in [5, 5.41) is 2.27. The fraction of sp³-hybridized carbons (Fsp3) is 0.120. The molecule has 0 fully saturated rings. The zero-order valence-electron chi connectivity index (χ0n) is 17.9. The first-order valence-corrected chi connectivity index (χ1v) is 10.4. The van der Waals surface area contributed by atoms with Gasteiger partial charge in [-0.05, 0) is 34.0 Å². The van der Waals surface area contributed by atoms with Crippen LogP contribution in [0.5, 0.6) is 0 Å². The van der Waals surface area contributed by atoms with Gasteiger partial charge in [-0.15, -0.1) is 0 Å². The first-order valence-electron chi connectivity index (χ1n) is 10.4. The fourth-order valence-corrected chi connectivity index (χ4v) is 4.02. The summed E-state index contributed by atoms with van der Waals surface area (Å²) in [5.74, 6) is -0.448. The molecule has 0 saturated heterocycles. The molecular formula is C25H21N5O3. The molecule has 2 aromatic heterocycles. The van der Waals surface area contributed by atoms with E-state index in [4.69, 9.17) is 10.5 Å². The highest BCUT2D eigenvalue weighted by atomic mass is 16.5. The van der Waals surface area contributed by atoms with Crippen LogP contribution in [0.15, 0.2) is 77.9 Å². The average Bonchev–Trinajstić information content (AvgIpc) is 3.23. The molecular weight excluding hydrogens is 418 g/mol. The van der Waals surface area contributed by atoms with E-state index < -0.39 is 5.97 Å². The van der Waals surface area contributed by atoms with Crippen molar-refractivity contribution in [1.82, 2.24) is 19.1 Å². The number of ether oxygens (including phenoxy) is 1. The van der Waals surface area contributed by atoms with Crippen molar-refractivity contribution in [2.24, 2.45) is 0 Å². The van der Waals surface area contributed by atoms with E-state index in [1.165, 1.54) is 11.7 Å². The molecule has 0 saturated carbocycles. The van der Waals surface area contributed by atoms with Gasteiger partial charge in [-0.2, -0.15) is 4.98 Å². The third-order valence-electron chi connectivity index (χ3n) is 5.68. The molecule has 0 bridgehead atoms. The molecule has 164 valence electrons. The van der Waals surface area contributed by atoms with Crippen molar-refractivity contribution in [2.45, 2.75) is 13.1 Å². The molecule has 0 amide bonds. The van der Waals surface area contributed by atoms with E-state index >= 15 is 0 Å². The van der Waals surface area contributed by atoms with E-state index in [-0.39, 0.29) is 23.7 Å². The van der Waals surface area contributed by atoms with E-state index in [2.05, 4.69) is 34.2 Å². The summed E-state index contributed by atoms with van der Waals surface area (Å²) >= 11 is 0. The number of imidazole rings is 1. The number of benzene rings is 3. The molecule has 8 heteroatoms. The monoisotopic (exact) mass is 439 g/mol. The topological polar surface area (TPSA) is 105 Å². The van der Waals surface area contributed by atoms with Gasteiger partial charge in [-0.25, -0.2) is 9.78 Å². The van der Waals surface area contributed by atoms with Crippen molar-refractivity contribution >= 4 is 33.9 Å². The zero-order chi connectivity index (χ0) is 22.9. The van der Waals surface area contributed by atoms with Gasteiger partial charge in [0.05, 0.1) is 25.5 Å². The van der Waals surface area contributed by atoms with Gasteiger partial charge in [0.1, 0.15) is 0 Å². The van der Waals surface area contributed by atoms with Crippen molar-refractivity contribution in [2.75, 3.05) is 12.8 Å². The van der Waals surface area contributed by atoms with Crippen molar-refractivity contribution < 1.29 is 9.53 Å². The third-order valence-corrected chi connectivity index (χ3v) is 5.68. The number of esters is 1. The average molecular weight is 439 g/mol. The number of nitrogens with two attached hydrogens (primary N) is 1. The number of anilines is 1. The predicted octanol–water partition coefficient (Wildman–Crippen LogP) is 3.21. The summed E-state index contributed by atoms with van der Waals surface area (Å²) in [5.41, 5.74) is 8.44. The molecule has 5 aromatic rings. The zero-order valence-corrected chi connectivity index (χ0v) is 17.9. The Kier molecular flexibility index (Phi) is 5.10. The molecule has 5 rings (SSSR count). The van der Waals surface area contributed by atoms with Crippen molar-refractivity contribution in [3.63, 3.8) is 0 Å². The number of hydrogen-bond acceptors (Lipinski definition) is 6. The Morgan fingerprint density at radius 2 is 1.76 bits per heavy atom. The largest absolute Gasteiger partial charge is 0.465 e. The number of nitrogen functional groups attached to an aromatic ring is 1. The van der Waals surface area contributed by atoms with Crippen LogP contribution in [-0.2, 0) is 17.8 Å². The minimum atomic E-state index is -0.479. The van der Waals surface area contributed by atoms with E-state index in [1.54, 1.807) is 35.2 Å². The molecule has 0 aliphatic carbocycles. The Morgan fingerprint density at radius 1 is 1.00 bits per heavy atom. The standard InChI is InChI=1S/C25H21N5O3/c1-33-24(32)20-9-5-4-8-19(20)14-30-23(31)21-22(28-25(30)26)27-15-29(21)13-16-10-11-17-6-2-3-7-18(17)12-16/h2-12,15H,13-14H2,1H3,(H2,26,28). The van der Waals surface area contributed by atoms with Gasteiger partial charge in [0.25, 0.3) is 5.56 Å². The fourth-order valence-electron chi connectivity index (χ4n) is 4.02. The second kappa shape index (κ2) is 8.23. The van der Waals surface area contributed by atoms with E-state index in [1.807, 2.05) is 18.2 Å². The van der Waals surface area contributed by atoms with Gasteiger partial charge in [0, 0.05) is 6.54 Å². The van der Waals surface area contributed by atoms with Crippen LogP contribution >= 0.6 is 0 Å². The number of hydrogen-bond donors (Lipinski definition) is 1. The lowest BCUT2D eigenvalue weighted by atomic mass is 10.1. The van der Waals surface area contributed by atoms with Crippen molar-refractivity contribution in [3.05, 3.63) is 100 Å². The molecule has 0 atom stereocenters. The van der Waals surface area contributed by atoms with Crippen LogP contribution in [-0.4, -0.2) is 32.2 Å². The van der Waals surface area contributed by atoms with Gasteiger partial charge < -0.3 is 15.0 Å². The highest BCUT2D eigenvalue weighted by Crippen LogP contribution is 2.19. The molecule has 33 heavy (non-hydrogen) atoms. The second-order valence-electron chi connectivity index (χ2n) is 7.74. The van der Waals surface area contributed by atoms with Gasteiger partial charge in [0.2, 0.25) is 5.95 Å². The lowest BCUT2D eigenvalue weighted by Gasteiger charge is -2.13. The minimum absolute atomic E-state index is 0.0307. The first-order chi connectivity index (χ1) is 16.0. The summed E-state index contributed by atoms with van der Waals surface area (Å²) in [6.45, 7) is 0.543. The SMILES string of the molecule is COC(=O)c1ccccc1Cn1c(N)nc2ncn(Cc3ccc4ccccc4c3)c2c1=O. The highest BCUT2D eigenvalue weighted by molar-refractivity contribution is 5.91. The maximum atomic E-state index is 13.5. The Morgan fingerprint density at radius 3 is 2.58 bits per heavy atom. The highest BCUT2D eigenvalue weighted by Gasteiger charge is 2.17. The molecule has 0 radical (unpaired) electrons. The van der Waals surface area contributed by atoms with Crippen LogP contribution in [0.2, 0.25) is 0 Å². The first kappa shape index (κ1) is 20.4. The number of nitrogens with zero attached hydrogens (tertiary/aromatic N) is 4. The summed E-state index contributed by atoms with van der Waals surface area (Å²) < 4.78 is 7.99. The number of aromatic nitrogens is 4. The Balaban J connectivity index is 1.56. The van der Waals surface area contributed by atoms with Crippen molar-refractivity contribution in [3.8, 4) is 0 Å².